The van der Waals surface area contributed by atoms with Crippen LogP contribution in [0.1, 0.15) is 25.0 Å². The number of hydrogen-bond donors (Lipinski definition) is 2. The van der Waals surface area contributed by atoms with Crippen LogP contribution in [0.2, 0.25) is 0 Å². The van der Waals surface area contributed by atoms with Crippen LogP contribution in [-0.4, -0.2) is 22.8 Å². The standard InChI is InChI=1S/C19H22FN3O2/c1-13(2)18(19(25)22-12-15-4-3-9-21-11-15)23-17(24)10-14-5-7-16(20)8-6-14/h3-9,11,13,18H,10,12H2,1-2H3,(H,22,25)(H,23,24)/t18-/m0/s1. The molecule has 132 valence electrons. The molecule has 0 radical (unpaired) electrons. The number of benzene rings is 1. The molecule has 1 heterocycles. The van der Waals surface area contributed by atoms with E-state index in [9.17, 15) is 14.0 Å². The number of pyridine rings is 1. The molecule has 0 aliphatic carbocycles. The van der Waals surface area contributed by atoms with E-state index in [-0.39, 0.29) is 30.0 Å². The van der Waals surface area contributed by atoms with Crippen LogP contribution in [0.15, 0.2) is 48.8 Å². The SMILES string of the molecule is CC(C)[C@H](NC(=O)Cc1ccc(F)cc1)C(=O)NCc1cccnc1. The summed E-state index contributed by atoms with van der Waals surface area (Å²) in [4.78, 5) is 28.6. The lowest BCUT2D eigenvalue weighted by atomic mass is 10.0. The van der Waals surface area contributed by atoms with Crippen LogP contribution >= 0.6 is 0 Å². The molecule has 0 saturated carbocycles. The van der Waals surface area contributed by atoms with Gasteiger partial charge in [0.15, 0.2) is 0 Å². The Balaban J connectivity index is 1.91. The predicted molar refractivity (Wildman–Crippen MR) is 93.0 cm³/mol. The minimum Gasteiger partial charge on any atom is -0.350 e. The molecule has 2 aromatic rings. The smallest absolute Gasteiger partial charge is 0.243 e. The van der Waals surface area contributed by atoms with Crippen molar-refractivity contribution in [1.82, 2.24) is 15.6 Å². The fourth-order valence-corrected chi connectivity index (χ4v) is 2.35. The minimum atomic E-state index is -0.635. The summed E-state index contributed by atoms with van der Waals surface area (Å²) in [5, 5.41) is 5.57. The molecular formula is C19H22FN3O2. The van der Waals surface area contributed by atoms with Crippen molar-refractivity contribution in [1.29, 1.82) is 0 Å². The van der Waals surface area contributed by atoms with Gasteiger partial charge in [-0.25, -0.2) is 4.39 Å². The topological polar surface area (TPSA) is 71.1 Å². The summed E-state index contributed by atoms with van der Waals surface area (Å²) in [6.45, 7) is 4.09. The highest BCUT2D eigenvalue weighted by molar-refractivity contribution is 5.88. The molecule has 0 bridgehead atoms. The number of hydrogen-bond acceptors (Lipinski definition) is 3. The minimum absolute atomic E-state index is 0.0638. The van der Waals surface area contributed by atoms with Crippen molar-refractivity contribution in [3.05, 3.63) is 65.7 Å². The zero-order chi connectivity index (χ0) is 18.2. The highest BCUT2D eigenvalue weighted by Gasteiger charge is 2.23. The van der Waals surface area contributed by atoms with Crippen molar-refractivity contribution >= 4 is 11.8 Å². The number of aromatic nitrogens is 1. The van der Waals surface area contributed by atoms with Gasteiger partial charge in [0.2, 0.25) is 11.8 Å². The third-order valence-electron chi connectivity index (χ3n) is 3.73. The largest absolute Gasteiger partial charge is 0.350 e. The summed E-state index contributed by atoms with van der Waals surface area (Å²) in [6, 6.07) is 8.76. The van der Waals surface area contributed by atoms with Crippen molar-refractivity contribution in [2.45, 2.75) is 32.9 Å². The Morgan fingerprint density at radius 1 is 1.12 bits per heavy atom. The van der Waals surface area contributed by atoms with E-state index < -0.39 is 6.04 Å². The number of nitrogens with zero attached hydrogens (tertiary/aromatic N) is 1. The third kappa shape index (κ3) is 5.99. The quantitative estimate of drug-likeness (QED) is 0.810. The Labute approximate surface area is 146 Å². The van der Waals surface area contributed by atoms with E-state index in [1.54, 1.807) is 30.6 Å². The summed E-state index contributed by atoms with van der Waals surface area (Å²) in [5.74, 6) is -0.932. The maximum Gasteiger partial charge on any atom is 0.243 e. The first kappa shape index (κ1) is 18.6. The van der Waals surface area contributed by atoms with Gasteiger partial charge in [0, 0.05) is 18.9 Å². The van der Waals surface area contributed by atoms with Gasteiger partial charge in [-0.15, -0.1) is 0 Å². The van der Waals surface area contributed by atoms with E-state index in [0.717, 1.165) is 5.56 Å². The second-order valence-corrected chi connectivity index (χ2v) is 6.17. The summed E-state index contributed by atoms with van der Waals surface area (Å²) in [6.07, 6.45) is 3.44. The van der Waals surface area contributed by atoms with Gasteiger partial charge in [0.25, 0.3) is 0 Å². The predicted octanol–water partition coefficient (Wildman–Crippen LogP) is 2.22. The molecule has 0 aliphatic rings. The number of carbonyl (C=O) groups excluding carboxylic acids is 2. The van der Waals surface area contributed by atoms with E-state index in [0.29, 0.717) is 12.1 Å². The maximum absolute atomic E-state index is 12.9. The number of carbonyl (C=O) groups is 2. The van der Waals surface area contributed by atoms with Gasteiger partial charge in [0.05, 0.1) is 6.42 Å². The van der Waals surface area contributed by atoms with Crippen molar-refractivity contribution in [3.8, 4) is 0 Å². The number of rotatable bonds is 7. The summed E-state index contributed by atoms with van der Waals surface area (Å²) >= 11 is 0. The molecule has 25 heavy (non-hydrogen) atoms. The number of nitrogens with one attached hydrogen (secondary N) is 2. The van der Waals surface area contributed by atoms with Crippen molar-refractivity contribution in [2.75, 3.05) is 0 Å². The monoisotopic (exact) mass is 343 g/mol. The highest BCUT2D eigenvalue weighted by Crippen LogP contribution is 2.06. The lowest BCUT2D eigenvalue weighted by Gasteiger charge is -2.21. The van der Waals surface area contributed by atoms with Gasteiger partial charge in [0.1, 0.15) is 11.9 Å². The fraction of sp³-hybridized carbons (Fsp3) is 0.316. The van der Waals surface area contributed by atoms with Crippen LogP contribution in [0.25, 0.3) is 0 Å². The van der Waals surface area contributed by atoms with Gasteiger partial charge >= 0.3 is 0 Å². The van der Waals surface area contributed by atoms with E-state index in [1.165, 1.54) is 12.1 Å². The van der Waals surface area contributed by atoms with E-state index in [1.807, 2.05) is 19.9 Å². The van der Waals surface area contributed by atoms with E-state index >= 15 is 0 Å². The molecule has 0 saturated heterocycles. The van der Waals surface area contributed by atoms with Crippen LogP contribution in [0, 0.1) is 11.7 Å². The summed E-state index contributed by atoms with van der Waals surface area (Å²) < 4.78 is 12.9. The van der Waals surface area contributed by atoms with Crippen LogP contribution in [0.4, 0.5) is 4.39 Å². The average molecular weight is 343 g/mol. The van der Waals surface area contributed by atoms with Gasteiger partial charge in [-0.2, -0.15) is 0 Å². The first-order chi connectivity index (χ1) is 12.0. The Hall–Kier alpha value is -2.76. The Morgan fingerprint density at radius 2 is 1.84 bits per heavy atom. The first-order valence-corrected chi connectivity index (χ1v) is 8.16. The highest BCUT2D eigenvalue weighted by atomic mass is 19.1. The molecule has 0 spiro atoms. The van der Waals surface area contributed by atoms with Crippen molar-refractivity contribution in [2.24, 2.45) is 5.92 Å². The molecule has 1 atom stereocenters. The lowest BCUT2D eigenvalue weighted by molar-refractivity contribution is -0.129. The average Bonchev–Trinajstić information content (AvgIpc) is 2.60. The molecule has 2 N–H and O–H groups in total. The Bertz CT molecular complexity index is 702. The summed E-state index contributed by atoms with van der Waals surface area (Å²) in [5.41, 5.74) is 1.58. The molecule has 0 fully saturated rings. The van der Waals surface area contributed by atoms with E-state index in [4.69, 9.17) is 0 Å². The molecule has 6 heteroatoms. The molecule has 2 amide bonds. The number of halogens is 1. The normalized spacial score (nSPS) is 11.8. The summed E-state index contributed by atoms with van der Waals surface area (Å²) in [7, 11) is 0. The second kappa shape index (κ2) is 8.92. The zero-order valence-corrected chi connectivity index (χ0v) is 14.3. The molecular weight excluding hydrogens is 321 g/mol. The molecule has 5 nitrogen and oxygen atoms in total. The Kier molecular flexibility index (Phi) is 6.62. The molecule has 1 aromatic carbocycles. The van der Waals surface area contributed by atoms with E-state index in [2.05, 4.69) is 15.6 Å². The van der Waals surface area contributed by atoms with Gasteiger partial charge < -0.3 is 10.6 Å². The second-order valence-electron chi connectivity index (χ2n) is 6.17. The Morgan fingerprint density at radius 3 is 2.44 bits per heavy atom. The number of amides is 2. The third-order valence-corrected chi connectivity index (χ3v) is 3.73. The van der Waals surface area contributed by atoms with Crippen LogP contribution < -0.4 is 10.6 Å². The van der Waals surface area contributed by atoms with Crippen molar-refractivity contribution < 1.29 is 14.0 Å². The molecule has 0 unspecified atom stereocenters. The van der Waals surface area contributed by atoms with Gasteiger partial charge in [-0.3, -0.25) is 14.6 Å². The first-order valence-electron chi connectivity index (χ1n) is 8.16. The van der Waals surface area contributed by atoms with Gasteiger partial charge in [-0.05, 0) is 35.2 Å². The maximum atomic E-state index is 12.9. The van der Waals surface area contributed by atoms with Crippen molar-refractivity contribution in [3.63, 3.8) is 0 Å². The zero-order valence-electron chi connectivity index (χ0n) is 14.3. The molecule has 2 rings (SSSR count). The van der Waals surface area contributed by atoms with Gasteiger partial charge in [-0.1, -0.05) is 32.0 Å². The van der Waals surface area contributed by atoms with Crippen LogP contribution in [0.5, 0.6) is 0 Å². The molecule has 0 aliphatic heterocycles. The fourth-order valence-electron chi connectivity index (χ4n) is 2.35. The molecule has 1 aromatic heterocycles. The lowest BCUT2D eigenvalue weighted by Crippen LogP contribution is -2.49. The van der Waals surface area contributed by atoms with Crippen LogP contribution in [0.3, 0.4) is 0 Å². The van der Waals surface area contributed by atoms with Crippen LogP contribution in [-0.2, 0) is 22.6 Å².